The first-order valence-electron chi connectivity index (χ1n) is 16.7. The van der Waals surface area contributed by atoms with Crippen LogP contribution in [0.3, 0.4) is 0 Å². The summed E-state index contributed by atoms with van der Waals surface area (Å²) in [6, 6.07) is 58.6. The third kappa shape index (κ3) is 4.60. The molecule has 0 fully saturated rings. The Hall–Kier alpha value is -6.85. The van der Waals surface area contributed by atoms with Gasteiger partial charge in [-0.1, -0.05) is 152 Å². The molecule has 5 heteroatoms. The number of para-hydroxylation sites is 2. The molecule has 50 heavy (non-hydrogen) atoms. The van der Waals surface area contributed by atoms with Crippen molar-refractivity contribution in [2.45, 2.75) is 0 Å². The number of rotatable bonds is 5. The molecule has 0 saturated heterocycles. The second-order valence-corrected chi connectivity index (χ2v) is 12.5. The molecule has 0 spiro atoms. The Morgan fingerprint density at radius 3 is 1.58 bits per heavy atom. The SMILES string of the molecule is c1ccc(-c2ccc3c4ccc(-c5cccc6c5oc5ccccc56)cc4n(-c4nc(-c5ccccc5)nc(-c5ccccc5)n4)c3c2)cc1. The van der Waals surface area contributed by atoms with E-state index in [-0.39, 0.29) is 0 Å². The molecule has 10 rings (SSSR count). The van der Waals surface area contributed by atoms with E-state index in [4.69, 9.17) is 19.4 Å². The molecule has 5 nitrogen and oxygen atoms in total. The molecule has 0 radical (unpaired) electrons. The number of nitrogens with zero attached hydrogens (tertiary/aromatic N) is 4. The minimum Gasteiger partial charge on any atom is -0.455 e. The smallest absolute Gasteiger partial charge is 0.238 e. The molecule has 3 aromatic heterocycles. The summed E-state index contributed by atoms with van der Waals surface area (Å²) >= 11 is 0. The highest BCUT2D eigenvalue weighted by atomic mass is 16.3. The molecule has 0 amide bonds. The van der Waals surface area contributed by atoms with Crippen molar-refractivity contribution in [3.05, 3.63) is 170 Å². The molecule has 0 aliphatic rings. The van der Waals surface area contributed by atoms with Crippen molar-refractivity contribution in [1.82, 2.24) is 19.5 Å². The summed E-state index contributed by atoms with van der Waals surface area (Å²) in [4.78, 5) is 15.3. The van der Waals surface area contributed by atoms with E-state index in [1.165, 1.54) is 0 Å². The van der Waals surface area contributed by atoms with E-state index in [0.29, 0.717) is 17.6 Å². The summed E-state index contributed by atoms with van der Waals surface area (Å²) in [5.41, 5.74) is 9.98. The maximum atomic E-state index is 6.48. The average molecular weight is 641 g/mol. The topological polar surface area (TPSA) is 56.7 Å². The molecule has 0 N–H and O–H groups in total. The zero-order chi connectivity index (χ0) is 33.0. The standard InChI is InChI=1S/C45H28N4O/c1-4-13-29(14-5-1)32-23-25-35-36-26-24-33(34-20-12-21-38-37-19-10-11-22-41(37)50-42(34)38)28-40(36)49(39(35)27-32)45-47-43(30-15-6-2-7-16-30)46-44(48-45)31-17-8-3-9-18-31/h1-28H. The molecule has 0 unspecified atom stereocenters. The lowest BCUT2D eigenvalue weighted by Crippen LogP contribution is -2.06. The lowest BCUT2D eigenvalue weighted by molar-refractivity contribution is 0.670. The summed E-state index contributed by atoms with van der Waals surface area (Å²) in [6.07, 6.45) is 0. The van der Waals surface area contributed by atoms with Gasteiger partial charge in [-0.15, -0.1) is 0 Å². The van der Waals surface area contributed by atoms with Crippen LogP contribution in [-0.4, -0.2) is 19.5 Å². The van der Waals surface area contributed by atoms with Crippen LogP contribution in [0.5, 0.6) is 0 Å². The fourth-order valence-electron chi connectivity index (χ4n) is 7.08. The summed E-state index contributed by atoms with van der Waals surface area (Å²) in [5, 5.41) is 4.45. The molecule has 10 aromatic rings. The zero-order valence-electron chi connectivity index (χ0n) is 26.9. The van der Waals surface area contributed by atoms with E-state index in [9.17, 15) is 0 Å². The first-order chi connectivity index (χ1) is 24.8. The van der Waals surface area contributed by atoms with Gasteiger partial charge in [-0.25, -0.2) is 4.98 Å². The number of aromatic nitrogens is 4. The van der Waals surface area contributed by atoms with Crippen LogP contribution in [0.1, 0.15) is 0 Å². The molecule has 234 valence electrons. The van der Waals surface area contributed by atoms with Crippen molar-refractivity contribution in [2.75, 3.05) is 0 Å². The van der Waals surface area contributed by atoms with Crippen LogP contribution in [0.4, 0.5) is 0 Å². The first-order valence-corrected chi connectivity index (χ1v) is 16.7. The fourth-order valence-corrected chi connectivity index (χ4v) is 7.08. The Morgan fingerprint density at radius 2 is 0.920 bits per heavy atom. The molecule has 7 aromatic carbocycles. The van der Waals surface area contributed by atoms with Gasteiger partial charge in [-0.2, -0.15) is 9.97 Å². The molecule has 3 heterocycles. The van der Waals surface area contributed by atoms with Crippen LogP contribution in [0, 0.1) is 0 Å². The van der Waals surface area contributed by atoms with Crippen molar-refractivity contribution < 1.29 is 4.42 Å². The monoisotopic (exact) mass is 640 g/mol. The van der Waals surface area contributed by atoms with Gasteiger partial charge < -0.3 is 4.42 Å². The lowest BCUT2D eigenvalue weighted by Gasteiger charge is -2.12. The van der Waals surface area contributed by atoms with E-state index in [2.05, 4.69) is 95.6 Å². The zero-order valence-corrected chi connectivity index (χ0v) is 26.9. The number of fused-ring (bicyclic) bond motifs is 6. The second-order valence-electron chi connectivity index (χ2n) is 12.5. The predicted octanol–water partition coefficient (Wildman–Crippen LogP) is 11.5. The van der Waals surface area contributed by atoms with Crippen molar-refractivity contribution in [1.29, 1.82) is 0 Å². The number of benzene rings is 7. The highest BCUT2D eigenvalue weighted by molar-refractivity contribution is 6.13. The van der Waals surface area contributed by atoms with Crippen molar-refractivity contribution in [2.24, 2.45) is 0 Å². The van der Waals surface area contributed by atoms with Crippen LogP contribution in [0.25, 0.3) is 94.7 Å². The molecular weight excluding hydrogens is 613 g/mol. The lowest BCUT2D eigenvalue weighted by atomic mass is 10.00. The van der Waals surface area contributed by atoms with E-state index >= 15 is 0 Å². The summed E-state index contributed by atoms with van der Waals surface area (Å²) in [5.74, 6) is 1.79. The van der Waals surface area contributed by atoms with Crippen LogP contribution in [0.15, 0.2) is 174 Å². The van der Waals surface area contributed by atoms with E-state index < -0.39 is 0 Å². The molecule has 0 saturated carbocycles. The van der Waals surface area contributed by atoms with E-state index in [1.807, 2.05) is 78.9 Å². The van der Waals surface area contributed by atoms with Crippen LogP contribution < -0.4 is 0 Å². The van der Waals surface area contributed by atoms with Gasteiger partial charge in [0.25, 0.3) is 0 Å². The maximum absolute atomic E-state index is 6.48. The number of hydrogen-bond donors (Lipinski definition) is 0. The highest BCUT2D eigenvalue weighted by Crippen LogP contribution is 2.40. The maximum Gasteiger partial charge on any atom is 0.238 e. The van der Waals surface area contributed by atoms with Gasteiger partial charge in [-0.3, -0.25) is 4.57 Å². The largest absolute Gasteiger partial charge is 0.455 e. The molecule has 0 aliphatic carbocycles. The Bertz CT molecular complexity index is 2800. The Morgan fingerprint density at radius 1 is 0.380 bits per heavy atom. The minimum absolute atomic E-state index is 0.557. The van der Waals surface area contributed by atoms with Gasteiger partial charge >= 0.3 is 0 Å². The summed E-state index contributed by atoms with van der Waals surface area (Å²) in [7, 11) is 0. The normalized spacial score (nSPS) is 11.6. The molecule has 0 aliphatic heterocycles. The highest BCUT2D eigenvalue weighted by Gasteiger charge is 2.20. The average Bonchev–Trinajstić information content (AvgIpc) is 3.74. The van der Waals surface area contributed by atoms with Gasteiger partial charge in [-0.05, 0) is 34.9 Å². The first kappa shape index (κ1) is 28.2. The molecule has 0 bridgehead atoms. The summed E-state index contributed by atoms with van der Waals surface area (Å²) < 4.78 is 8.67. The Labute approximate surface area is 287 Å². The third-order valence-corrected chi connectivity index (χ3v) is 9.48. The van der Waals surface area contributed by atoms with Crippen LogP contribution in [-0.2, 0) is 0 Å². The van der Waals surface area contributed by atoms with E-state index in [1.54, 1.807) is 0 Å². The fraction of sp³-hybridized carbons (Fsp3) is 0. The predicted molar refractivity (Wildman–Crippen MR) is 203 cm³/mol. The molecule has 0 atom stereocenters. The van der Waals surface area contributed by atoms with Crippen LogP contribution in [0.2, 0.25) is 0 Å². The second kappa shape index (κ2) is 11.4. The number of furan rings is 1. The van der Waals surface area contributed by atoms with Crippen LogP contribution >= 0.6 is 0 Å². The molecular formula is C45H28N4O. The third-order valence-electron chi connectivity index (χ3n) is 9.48. The Balaban J connectivity index is 1.28. The van der Waals surface area contributed by atoms with E-state index in [0.717, 1.165) is 77.1 Å². The van der Waals surface area contributed by atoms with Crippen molar-refractivity contribution >= 4 is 43.7 Å². The number of hydrogen-bond acceptors (Lipinski definition) is 4. The van der Waals surface area contributed by atoms with Crippen molar-refractivity contribution in [3.63, 3.8) is 0 Å². The van der Waals surface area contributed by atoms with Gasteiger partial charge in [0, 0.05) is 38.2 Å². The summed E-state index contributed by atoms with van der Waals surface area (Å²) in [6.45, 7) is 0. The minimum atomic E-state index is 0.557. The van der Waals surface area contributed by atoms with Crippen molar-refractivity contribution in [3.8, 4) is 51.0 Å². The quantitative estimate of drug-likeness (QED) is 0.188. The Kier molecular flexibility index (Phi) is 6.42. The van der Waals surface area contributed by atoms with Gasteiger partial charge in [0.15, 0.2) is 11.6 Å². The van der Waals surface area contributed by atoms with Gasteiger partial charge in [0.05, 0.1) is 11.0 Å². The van der Waals surface area contributed by atoms with Gasteiger partial charge in [0.2, 0.25) is 5.95 Å². The van der Waals surface area contributed by atoms with Gasteiger partial charge in [0.1, 0.15) is 11.2 Å².